The fourth-order valence-electron chi connectivity index (χ4n) is 1.48. The van der Waals surface area contributed by atoms with Crippen molar-refractivity contribution in [1.82, 2.24) is 0 Å². The summed E-state index contributed by atoms with van der Waals surface area (Å²) < 4.78 is 33.0. The van der Waals surface area contributed by atoms with Crippen LogP contribution in [0.4, 0.5) is 0 Å². The van der Waals surface area contributed by atoms with Crippen LogP contribution in [0.2, 0.25) is 0 Å². The molecule has 0 heterocycles. The van der Waals surface area contributed by atoms with Gasteiger partial charge in [0, 0.05) is 7.11 Å². The van der Waals surface area contributed by atoms with Crippen molar-refractivity contribution in [2.24, 2.45) is 5.14 Å². The summed E-state index contributed by atoms with van der Waals surface area (Å²) in [6, 6.07) is 0. The largest absolute Gasteiger partial charge is 0.382 e. The predicted molar refractivity (Wildman–Crippen MR) is 63.6 cm³/mol. The minimum absolute atomic E-state index is 0.348. The van der Waals surface area contributed by atoms with Crippen molar-refractivity contribution >= 4 is 10.0 Å². The summed E-state index contributed by atoms with van der Waals surface area (Å²) in [5.74, 6) is 0. The molecule has 0 saturated heterocycles. The molecule has 0 spiro atoms. The zero-order valence-electron chi connectivity index (χ0n) is 9.89. The van der Waals surface area contributed by atoms with E-state index in [0.29, 0.717) is 26.1 Å². The average Bonchev–Trinajstić information content (AvgIpc) is 2.17. The van der Waals surface area contributed by atoms with Gasteiger partial charge in [0.25, 0.3) is 0 Å². The Bertz CT molecular complexity index is 289. The first kappa shape index (κ1) is 15.6. The van der Waals surface area contributed by atoms with E-state index in [1.54, 1.807) is 20.1 Å². The van der Waals surface area contributed by atoms with E-state index >= 15 is 0 Å². The second-order valence-corrected chi connectivity index (χ2v) is 5.25. The highest BCUT2D eigenvalue weighted by Gasteiger charge is 2.29. The van der Waals surface area contributed by atoms with Crippen molar-refractivity contribution in [2.75, 3.05) is 20.3 Å². The van der Waals surface area contributed by atoms with Crippen LogP contribution in [0.15, 0.2) is 12.7 Å². The molecule has 0 aliphatic heterocycles. The third-order valence-electron chi connectivity index (χ3n) is 2.26. The fraction of sp³-hybridized carbons (Fsp3) is 0.800. The number of hydrogen-bond donors (Lipinski definition) is 1. The van der Waals surface area contributed by atoms with Crippen LogP contribution in [0.1, 0.15) is 19.8 Å². The van der Waals surface area contributed by atoms with Gasteiger partial charge in [0.1, 0.15) is 5.25 Å². The molecule has 0 rings (SSSR count). The van der Waals surface area contributed by atoms with Gasteiger partial charge in [0.15, 0.2) is 0 Å². The minimum atomic E-state index is -3.59. The number of sulfonamides is 1. The molecule has 2 atom stereocenters. The van der Waals surface area contributed by atoms with E-state index in [2.05, 4.69) is 6.58 Å². The first-order valence-electron chi connectivity index (χ1n) is 5.20. The monoisotopic (exact) mass is 251 g/mol. The molecule has 0 saturated carbocycles. The van der Waals surface area contributed by atoms with Gasteiger partial charge in [0.2, 0.25) is 10.0 Å². The van der Waals surface area contributed by atoms with Crippen LogP contribution in [0.5, 0.6) is 0 Å². The van der Waals surface area contributed by atoms with E-state index in [4.69, 9.17) is 14.6 Å². The summed E-state index contributed by atoms with van der Waals surface area (Å²) in [5, 5.41) is 4.46. The van der Waals surface area contributed by atoms with E-state index in [-0.39, 0.29) is 0 Å². The molecule has 6 heteroatoms. The normalized spacial score (nSPS) is 15.7. The Kier molecular flexibility index (Phi) is 7.57. The molecule has 0 bridgehead atoms. The number of ether oxygens (including phenoxy) is 2. The van der Waals surface area contributed by atoms with Crippen LogP contribution >= 0.6 is 0 Å². The molecule has 5 nitrogen and oxygen atoms in total. The molecule has 0 aromatic heterocycles. The van der Waals surface area contributed by atoms with Gasteiger partial charge in [-0.2, -0.15) is 0 Å². The van der Waals surface area contributed by atoms with Crippen molar-refractivity contribution in [3.63, 3.8) is 0 Å². The van der Waals surface area contributed by atoms with E-state index in [1.165, 1.54) is 0 Å². The molecule has 0 radical (unpaired) electrons. The molecular weight excluding hydrogens is 230 g/mol. The molecule has 0 aromatic carbocycles. The Balaban J connectivity index is 4.53. The van der Waals surface area contributed by atoms with Crippen molar-refractivity contribution in [3.8, 4) is 0 Å². The van der Waals surface area contributed by atoms with Gasteiger partial charge in [-0.15, -0.1) is 6.58 Å². The molecule has 0 unspecified atom stereocenters. The molecule has 0 aliphatic rings. The number of nitrogens with two attached hydrogens (primary N) is 1. The SMILES string of the molecule is C=CC[C@@H](OCCOC)[C@H](CC)S(N)(=O)=O. The van der Waals surface area contributed by atoms with Gasteiger partial charge in [-0.05, 0) is 12.8 Å². The zero-order chi connectivity index (χ0) is 12.6. The molecule has 0 fully saturated rings. The van der Waals surface area contributed by atoms with Crippen LogP contribution in [0.25, 0.3) is 0 Å². The maximum absolute atomic E-state index is 11.3. The maximum Gasteiger partial charge on any atom is 0.214 e. The van der Waals surface area contributed by atoms with Crippen molar-refractivity contribution in [2.45, 2.75) is 31.1 Å². The summed E-state index contributed by atoms with van der Waals surface area (Å²) in [6.07, 6.45) is 2.06. The third kappa shape index (κ3) is 5.60. The van der Waals surface area contributed by atoms with Gasteiger partial charge in [0.05, 0.1) is 19.3 Å². The summed E-state index contributed by atoms with van der Waals surface area (Å²) in [7, 11) is -2.03. The van der Waals surface area contributed by atoms with Crippen LogP contribution in [0, 0.1) is 0 Å². The molecule has 0 amide bonds. The Hall–Kier alpha value is -0.430. The van der Waals surface area contributed by atoms with Crippen molar-refractivity contribution < 1.29 is 17.9 Å². The summed E-state index contributed by atoms with van der Waals surface area (Å²) in [5.41, 5.74) is 0. The van der Waals surface area contributed by atoms with Crippen LogP contribution < -0.4 is 5.14 Å². The summed E-state index contributed by atoms with van der Waals surface area (Å²) in [6.45, 7) is 6.12. The Morgan fingerprint density at radius 1 is 1.44 bits per heavy atom. The van der Waals surface area contributed by atoms with Crippen molar-refractivity contribution in [1.29, 1.82) is 0 Å². The van der Waals surface area contributed by atoms with Gasteiger partial charge in [-0.25, -0.2) is 13.6 Å². The van der Waals surface area contributed by atoms with E-state index in [9.17, 15) is 8.42 Å². The van der Waals surface area contributed by atoms with E-state index in [0.717, 1.165) is 0 Å². The standard InChI is InChI=1S/C10H21NO4S/c1-4-6-9(15-8-7-14-3)10(5-2)16(11,12)13/h4,9-10H,1,5-8H2,2-3H3,(H2,11,12,13)/t9-,10+/m1/s1. The fourth-order valence-corrected chi connectivity index (χ4v) is 2.56. The quantitative estimate of drug-likeness (QED) is 0.482. The number of rotatable bonds is 9. The van der Waals surface area contributed by atoms with Gasteiger partial charge in [-0.1, -0.05) is 13.0 Å². The van der Waals surface area contributed by atoms with Gasteiger partial charge >= 0.3 is 0 Å². The molecular formula is C10H21NO4S. The molecule has 0 aliphatic carbocycles. The lowest BCUT2D eigenvalue weighted by Gasteiger charge is -2.23. The van der Waals surface area contributed by atoms with Crippen LogP contribution in [-0.4, -0.2) is 40.1 Å². The first-order valence-corrected chi connectivity index (χ1v) is 6.81. The zero-order valence-corrected chi connectivity index (χ0v) is 10.7. The lowest BCUT2D eigenvalue weighted by molar-refractivity contribution is 0.0163. The smallest absolute Gasteiger partial charge is 0.214 e. The Morgan fingerprint density at radius 3 is 2.44 bits per heavy atom. The average molecular weight is 251 g/mol. The van der Waals surface area contributed by atoms with Crippen LogP contribution in [-0.2, 0) is 19.5 Å². The van der Waals surface area contributed by atoms with E-state index in [1.807, 2.05) is 0 Å². The highest BCUT2D eigenvalue weighted by Crippen LogP contribution is 2.15. The predicted octanol–water partition coefficient (Wildman–Crippen LogP) is 0.661. The maximum atomic E-state index is 11.3. The third-order valence-corrected chi connectivity index (χ3v) is 3.74. The first-order chi connectivity index (χ1) is 7.47. The number of hydrogen-bond acceptors (Lipinski definition) is 4. The summed E-state index contributed by atoms with van der Waals surface area (Å²) in [4.78, 5) is 0. The highest BCUT2D eigenvalue weighted by atomic mass is 32.2. The minimum Gasteiger partial charge on any atom is -0.382 e. The molecule has 0 aromatic rings. The second kappa shape index (κ2) is 7.78. The Labute approximate surface area is 97.7 Å². The highest BCUT2D eigenvalue weighted by molar-refractivity contribution is 7.89. The van der Waals surface area contributed by atoms with Crippen LogP contribution in [0.3, 0.4) is 0 Å². The second-order valence-electron chi connectivity index (χ2n) is 3.46. The van der Waals surface area contributed by atoms with E-state index < -0.39 is 21.4 Å². The lowest BCUT2D eigenvalue weighted by atomic mass is 10.1. The summed E-state index contributed by atoms with van der Waals surface area (Å²) >= 11 is 0. The molecule has 2 N–H and O–H groups in total. The topological polar surface area (TPSA) is 78.6 Å². The van der Waals surface area contributed by atoms with Crippen molar-refractivity contribution in [3.05, 3.63) is 12.7 Å². The van der Waals surface area contributed by atoms with Gasteiger partial charge < -0.3 is 9.47 Å². The molecule has 16 heavy (non-hydrogen) atoms. The number of methoxy groups -OCH3 is 1. The lowest BCUT2D eigenvalue weighted by Crippen LogP contribution is -2.40. The Morgan fingerprint density at radius 2 is 2.06 bits per heavy atom. The molecule has 96 valence electrons. The number of primary sulfonamides is 1. The van der Waals surface area contributed by atoms with Gasteiger partial charge in [-0.3, -0.25) is 0 Å².